The van der Waals surface area contributed by atoms with Crippen LogP contribution >= 0.6 is 0 Å². The van der Waals surface area contributed by atoms with Crippen molar-refractivity contribution in [2.24, 2.45) is 5.92 Å². The van der Waals surface area contributed by atoms with Gasteiger partial charge in [0.05, 0.1) is 6.42 Å². The molecule has 0 spiro atoms. The van der Waals surface area contributed by atoms with E-state index in [1.807, 2.05) is 44.2 Å². The molecular formula is C14H16O3. The van der Waals surface area contributed by atoms with E-state index in [0.717, 1.165) is 5.56 Å². The summed E-state index contributed by atoms with van der Waals surface area (Å²) in [4.78, 5) is 23.4. The van der Waals surface area contributed by atoms with Gasteiger partial charge in [0.25, 0.3) is 0 Å². The highest BCUT2D eigenvalue weighted by Crippen LogP contribution is 2.40. The first-order chi connectivity index (χ1) is 8.04. The quantitative estimate of drug-likeness (QED) is 0.594. The van der Waals surface area contributed by atoms with Gasteiger partial charge < -0.3 is 4.74 Å². The van der Waals surface area contributed by atoms with Crippen molar-refractivity contribution in [3.8, 4) is 0 Å². The molecule has 0 radical (unpaired) electrons. The first kappa shape index (κ1) is 11.8. The largest absolute Gasteiger partial charge is 0.392 e. The van der Waals surface area contributed by atoms with Crippen molar-refractivity contribution in [1.29, 1.82) is 0 Å². The third kappa shape index (κ3) is 2.09. The third-order valence-electron chi connectivity index (χ3n) is 3.13. The van der Waals surface area contributed by atoms with Crippen LogP contribution < -0.4 is 0 Å². The van der Waals surface area contributed by atoms with Crippen molar-refractivity contribution in [3.05, 3.63) is 35.9 Å². The Kier molecular flexibility index (Phi) is 3.01. The first-order valence-electron chi connectivity index (χ1n) is 5.85. The monoisotopic (exact) mass is 232 g/mol. The summed E-state index contributed by atoms with van der Waals surface area (Å²) in [7, 11) is 0. The summed E-state index contributed by atoms with van der Waals surface area (Å²) in [5, 5.41) is 0. The van der Waals surface area contributed by atoms with Crippen molar-refractivity contribution < 1.29 is 14.3 Å². The van der Waals surface area contributed by atoms with E-state index in [1.54, 1.807) is 0 Å². The van der Waals surface area contributed by atoms with Crippen molar-refractivity contribution in [2.75, 3.05) is 0 Å². The lowest BCUT2D eigenvalue weighted by Crippen LogP contribution is -2.33. The third-order valence-corrected chi connectivity index (χ3v) is 3.13. The summed E-state index contributed by atoms with van der Waals surface area (Å²) in [6, 6.07) is 9.44. The molecule has 3 nitrogen and oxygen atoms in total. The summed E-state index contributed by atoms with van der Waals surface area (Å²) in [6.45, 7) is 4.08. The molecule has 1 aromatic carbocycles. The van der Waals surface area contributed by atoms with E-state index >= 15 is 0 Å². The number of rotatable bonds is 3. The maximum absolute atomic E-state index is 12.0. The molecule has 1 aliphatic heterocycles. The fourth-order valence-electron chi connectivity index (χ4n) is 2.50. The van der Waals surface area contributed by atoms with Gasteiger partial charge in [-0.25, -0.2) is 0 Å². The lowest BCUT2D eigenvalue weighted by molar-refractivity contribution is -0.153. The van der Waals surface area contributed by atoms with E-state index < -0.39 is 17.4 Å². The molecule has 0 aromatic heterocycles. The predicted molar refractivity (Wildman–Crippen MR) is 63.3 cm³/mol. The zero-order valence-corrected chi connectivity index (χ0v) is 10.1. The first-order valence-corrected chi connectivity index (χ1v) is 5.85. The molecule has 2 rings (SSSR count). The second-order valence-electron chi connectivity index (χ2n) is 4.98. The van der Waals surface area contributed by atoms with Crippen LogP contribution in [-0.2, 0) is 19.7 Å². The van der Waals surface area contributed by atoms with Gasteiger partial charge in [0.15, 0.2) is 0 Å². The second kappa shape index (κ2) is 4.32. The minimum absolute atomic E-state index is 0.161. The topological polar surface area (TPSA) is 43.4 Å². The van der Waals surface area contributed by atoms with Gasteiger partial charge in [-0.3, -0.25) is 9.59 Å². The fourth-order valence-corrected chi connectivity index (χ4v) is 2.50. The highest BCUT2D eigenvalue weighted by atomic mass is 16.6. The van der Waals surface area contributed by atoms with Gasteiger partial charge >= 0.3 is 11.9 Å². The molecule has 90 valence electrons. The number of hydrogen-bond donors (Lipinski definition) is 0. The Balaban J connectivity index is 2.45. The summed E-state index contributed by atoms with van der Waals surface area (Å²) in [5.41, 5.74) is 0.108. The van der Waals surface area contributed by atoms with E-state index in [-0.39, 0.29) is 6.42 Å². The van der Waals surface area contributed by atoms with Crippen molar-refractivity contribution >= 4 is 11.9 Å². The van der Waals surface area contributed by atoms with E-state index in [1.165, 1.54) is 0 Å². The maximum Gasteiger partial charge on any atom is 0.324 e. The molecule has 1 fully saturated rings. The molecule has 0 N–H and O–H groups in total. The van der Waals surface area contributed by atoms with Gasteiger partial charge in [-0.1, -0.05) is 44.2 Å². The maximum atomic E-state index is 12.0. The number of esters is 2. The Morgan fingerprint density at radius 1 is 1.24 bits per heavy atom. The average molecular weight is 232 g/mol. The number of cyclic esters (lactones) is 2. The second-order valence-corrected chi connectivity index (χ2v) is 4.98. The highest BCUT2D eigenvalue weighted by molar-refractivity contribution is 6.01. The van der Waals surface area contributed by atoms with Crippen molar-refractivity contribution in [3.63, 3.8) is 0 Å². The van der Waals surface area contributed by atoms with E-state index in [2.05, 4.69) is 0 Å². The Labute approximate surface area is 101 Å². The summed E-state index contributed by atoms with van der Waals surface area (Å²) >= 11 is 0. The lowest BCUT2D eigenvalue weighted by atomic mass is 9.73. The van der Waals surface area contributed by atoms with Gasteiger partial charge in [-0.05, 0) is 17.9 Å². The smallest absolute Gasteiger partial charge is 0.324 e. The van der Waals surface area contributed by atoms with Gasteiger partial charge in [-0.15, -0.1) is 0 Å². The van der Waals surface area contributed by atoms with Crippen LogP contribution in [0.2, 0.25) is 0 Å². The Hall–Kier alpha value is -1.64. The molecule has 1 aromatic rings. The number of hydrogen-bond acceptors (Lipinski definition) is 3. The predicted octanol–water partition coefficient (Wildman–Crippen LogP) is 2.44. The van der Waals surface area contributed by atoms with Crippen LogP contribution in [0, 0.1) is 5.92 Å². The zero-order chi connectivity index (χ0) is 12.5. The molecule has 0 saturated carbocycles. The zero-order valence-electron chi connectivity index (χ0n) is 10.1. The van der Waals surface area contributed by atoms with Gasteiger partial charge in [0.2, 0.25) is 0 Å². The summed E-state index contributed by atoms with van der Waals surface area (Å²) in [5.74, 6) is -0.490. The van der Waals surface area contributed by atoms with Crippen LogP contribution in [0.3, 0.4) is 0 Å². The van der Waals surface area contributed by atoms with Crippen molar-refractivity contribution in [1.82, 2.24) is 0 Å². The molecule has 1 atom stereocenters. The van der Waals surface area contributed by atoms with Crippen LogP contribution in [0.25, 0.3) is 0 Å². The van der Waals surface area contributed by atoms with Gasteiger partial charge in [0.1, 0.15) is 5.41 Å². The van der Waals surface area contributed by atoms with E-state index in [4.69, 9.17) is 4.74 Å². The van der Waals surface area contributed by atoms with Gasteiger partial charge in [-0.2, -0.15) is 0 Å². The minimum atomic E-state index is -0.771. The van der Waals surface area contributed by atoms with Crippen LogP contribution in [0.4, 0.5) is 0 Å². The summed E-state index contributed by atoms with van der Waals surface area (Å²) < 4.78 is 4.75. The summed E-state index contributed by atoms with van der Waals surface area (Å²) in [6.07, 6.45) is 0.801. The minimum Gasteiger partial charge on any atom is -0.392 e. The van der Waals surface area contributed by atoms with Crippen LogP contribution in [0.15, 0.2) is 30.3 Å². The Bertz CT molecular complexity index is 436. The highest BCUT2D eigenvalue weighted by Gasteiger charge is 2.50. The van der Waals surface area contributed by atoms with E-state index in [0.29, 0.717) is 12.3 Å². The number of ether oxygens (including phenoxy) is 1. The van der Waals surface area contributed by atoms with Crippen LogP contribution in [0.5, 0.6) is 0 Å². The van der Waals surface area contributed by atoms with E-state index in [9.17, 15) is 9.59 Å². The molecular weight excluding hydrogens is 216 g/mol. The molecule has 0 aliphatic carbocycles. The van der Waals surface area contributed by atoms with Crippen molar-refractivity contribution in [2.45, 2.75) is 32.1 Å². The Morgan fingerprint density at radius 2 is 1.88 bits per heavy atom. The Morgan fingerprint density at radius 3 is 2.35 bits per heavy atom. The van der Waals surface area contributed by atoms with Crippen LogP contribution in [0.1, 0.15) is 32.3 Å². The fraction of sp³-hybridized carbons (Fsp3) is 0.429. The molecule has 17 heavy (non-hydrogen) atoms. The molecule has 1 unspecified atom stereocenters. The molecule has 3 heteroatoms. The molecule has 1 aliphatic rings. The molecule has 0 amide bonds. The number of carbonyl (C=O) groups excluding carboxylic acids is 2. The molecule has 1 heterocycles. The number of benzene rings is 1. The standard InChI is InChI=1S/C14H16O3/c1-10(2)8-14(9-12(15)17-13(14)16)11-6-4-3-5-7-11/h3-7,10H,8-9H2,1-2H3. The van der Waals surface area contributed by atoms with Crippen LogP contribution in [-0.4, -0.2) is 11.9 Å². The lowest BCUT2D eigenvalue weighted by Gasteiger charge is -2.26. The van der Waals surface area contributed by atoms with Gasteiger partial charge in [0, 0.05) is 0 Å². The molecule has 1 saturated heterocycles. The SMILES string of the molecule is CC(C)CC1(c2ccccc2)CC(=O)OC1=O. The number of carbonyl (C=O) groups is 2. The normalized spacial score (nSPS) is 24.2. The average Bonchev–Trinajstić information content (AvgIpc) is 2.55. The molecule has 0 bridgehead atoms.